The first-order chi connectivity index (χ1) is 18.5. The van der Waals surface area contributed by atoms with E-state index in [1.54, 1.807) is 0 Å². The molecule has 38 heavy (non-hydrogen) atoms. The third-order valence-corrected chi connectivity index (χ3v) is 7.12. The molecule has 0 aromatic heterocycles. The van der Waals surface area contributed by atoms with E-state index in [-0.39, 0.29) is 0 Å². The first-order valence-electron chi connectivity index (χ1n) is 13.6. The van der Waals surface area contributed by atoms with Gasteiger partial charge in [-0.05, 0) is 103 Å². The van der Waals surface area contributed by atoms with Crippen LogP contribution >= 0.6 is 0 Å². The van der Waals surface area contributed by atoms with Gasteiger partial charge in [0, 0.05) is 0 Å². The molecule has 0 unspecified atom stereocenters. The van der Waals surface area contributed by atoms with Gasteiger partial charge in [0.25, 0.3) is 0 Å². The van der Waals surface area contributed by atoms with Crippen LogP contribution < -0.4 is 9.47 Å². The predicted molar refractivity (Wildman–Crippen MR) is 162 cm³/mol. The lowest BCUT2D eigenvalue weighted by atomic mass is 9.86. The molecule has 0 saturated heterocycles. The Morgan fingerprint density at radius 3 is 1.34 bits per heavy atom. The molecule has 2 heteroatoms. The van der Waals surface area contributed by atoms with Crippen molar-refractivity contribution in [3.8, 4) is 33.8 Å². The summed E-state index contributed by atoms with van der Waals surface area (Å²) in [5.41, 5.74) is 4.91. The molecule has 0 aliphatic carbocycles. The Bertz CT molecular complexity index is 1570. The molecule has 0 amide bonds. The topological polar surface area (TPSA) is 18.5 Å². The van der Waals surface area contributed by atoms with E-state index in [1.165, 1.54) is 54.6 Å². The van der Waals surface area contributed by atoms with E-state index in [9.17, 15) is 0 Å². The number of rotatable bonds is 8. The van der Waals surface area contributed by atoms with Crippen molar-refractivity contribution in [1.82, 2.24) is 0 Å². The molecule has 0 bridgehead atoms. The first-order valence-corrected chi connectivity index (χ1v) is 13.6. The van der Waals surface area contributed by atoms with Crippen LogP contribution in [0.3, 0.4) is 0 Å². The monoisotopic (exact) mass is 498 g/mol. The lowest BCUT2D eigenvalue weighted by Crippen LogP contribution is -2.04. The van der Waals surface area contributed by atoms with Crippen molar-refractivity contribution in [2.24, 2.45) is 11.8 Å². The van der Waals surface area contributed by atoms with E-state index < -0.39 is 0 Å². The summed E-state index contributed by atoms with van der Waals surface area (Å²) in [6.45, 7) is 10.1. The van der Waals surface area contributed by atoms with Gasteiger partial charge in [-0.1, -0.05) is 88.4 Å². The maximum atomic E-state index is 5.94. The highest BCUT2D eigenvalue weighted by Crippen LogP contribution is 2.44. The Hall–Kier alpha value is -4.04. The summed E-state index contributed by atoms with van der Waals surface area (Å²) in [5, 5.41) is 7.75. The highest BCUT2D eigenvalue weighted by molar-refractivity contribution is 6.29. The van der Waals surface area contributed by atoms with Gasteiger partial charge in [-0.3, -0.25) is 0 Å². The van der Waals surface area contributed by atoms with E-state index in [4.69, 9.17) is 9.47 Å². The van der Waals surface area contributed by atoms with Crippen LogP contribution in [0.25, 0.3) is 54.6 Å². The van der Waals surface area contributed by atoms with Gasteiger partial charge in [0.2, 0.25) is 0 Å². The van der Waals surface area contributed by atoms with Crippen LogP contribution in [-0.4, -0.2) is 13.2 Å². The molecule has 0 radical (unpaired) electrons. The minimum atomic E-state index is 0.503. The second-order valence-corrected chi connectivity index (χ2v) is 11.1. The summed E-state index contributed by atoms with van der Waals surface area (Å²) in [5.74, 6) is 2.84. The van der Waals surface area contributed by atoms with Crippen molar-refractivity contribution < 1.29 is 9.47 Å². The minimum absolute atomic E-state index is 0.503. The second-order valence-electron chi connectivity index (χ2n) is 11.1. The van der Waals surface area contributed by atoms with Crippen molar-refractivity contribution >= 4 is 32.3 Å². The highest BCUT2D eigenvalue weighted by atomic mass is 16.5. The molecule has 0 heterocycles. The second kappa shape index (κ2) is 10.0. The van der Waals surface area contributed by atoms with Crippen LogP contribution in [0, 0.1) is 11.8 Å². The largest absolute Gasteiger partial charge is 0.493 e. The highest BCUT2D eigenvalue weighted by Gasteiger charge is 2.16. The maximum Gasteiger partial charge on any atom is 0.119 e. The number of benzene rings is 6. The molecule has 0 fully saturated rings. The maximum absolute atomic E-state index is 5.94. The van der Waals surface area contributed by atoms with Crippen LogP contribution in [0.2, 0.25) is 0 Å². The lowest BCUT2D eigenvalue weighted by Gasteiger charge is -2.18. The van der Waals surface area contributed by atoms with Crippen molar-refractivity contribution in [2.75, 3.05) is 13.2 Å². The predicted octanol–water partition coefficient (Wildman–Crippen LogP) is 9.99. The van der Waals surface area contributed by atoms with Crippen molar-refractivity contribution in [3.05, 3.63) is 97.1 Å². The average molecular weight is 499 g/mol. The van der Waals surface area contributed by atoms with E-state index in [0.717, 1.165) is 24.7 Å². The SMILES string of the molecule is CC(C)COc1ccc(-c2cc3cccc4cc(-c5ccc(OCC(C)C)cc5)c5cccc2c5c34)cc1. The summed E-state index contributed by atoms with van der Waals surface area (Å²) in [6, 6.07) is 35.1. The Labute approximate surface area is 225 Å². The zero-order chi connectivity index (χ0) is 26.2. The van der Waals surface area contributed by atoms with Gasteiger partial charge in [-0.2, -0.15) is 0 Å². The number of hydrogen-bond acceptors (Lipinski definition) is 2. The lowest BCUT2D eigenvalue weighted by molar-refractivity contribution is 0.271. The van der Waals surface area contributed by atoms with Gasteiger partial charge < -0.3 is 9.47 Å². The van der Waals surface area contributed by atoms with E-state index in [2.05, 4.69) is 125 Å². The summed E-state index contributed by atoms with van der Waals surface area (Å²) in [4.78, 5) is 0. The average Bonchev–Trinajstić information content (AvgIpc) is 2.94. The molecular weight excluding hydrogens is 464 g/mol. The fraction of sp³-hybridized carbons (Fsp3) is 0.222. The Morgan fingerprint density at radius 1 is 0.500 bits per heavy atom. The van der Waals surface area contributed by atoms with Crippen molar-refractivity contribution in [1.29, 1.82) is 0 Å². The molecule has 0 aliphatic rings. The Kier molecular flexibility index (Phi) is 6.41. The van der Waals surface area contributed by atoms with Crippen molar-refractivity contribution in [2.45, 2.75) is 27.7 Å². The number of hydrogen-bond donors (Lipinski definition) is 0. The summed E-state index contributed by atoms with van der Waals surface area (Å²) >= 11 is 0. The standard InChI is InChI=1S/C36H34O2/c1-23(2)21-37-29-15-11-25(12-16-29)33-19-27-7-5-8-28-20-34(32-10-6-9-31(33)36(32)35(27)28)26-13-17-30(18-14-26)38-22-24(3)4/h5-20,23-24H,21-22H2,1-4H3. The fourth-order valence-corrected chi connectivity index (χ4v) is 5.32. The molecule has 0 spiro atoms. The third kappa shape index (κ3) is 4.56. The molecule has 6 aromatic carbocycles. The molecule has 190 valence electrons. The molecule has 0 aliphatic heterocycles. The Balaban J connectivity index is 1.49. The van der Waals surface area contributed by atoms with E-state index >= 15 is 0 Å². The molecule has 0 atom stereocenters. The van der Waals surface area contributed by atoms with Crippen LogP contribution in [0.5, 0.6) is 11.5 Å². The van der Waals surface area contributed by atoms with E-state index in [1.807, 2.05) is 0 Å². The molecule has 0 N–H and O–H groups in total. The van der Waals surface area contributed by atoms with Gasteiger partial charge in [-0.25, -0.2) is 0 Å². The molecule has 2 nitrogen and oxygen atoms in total. The van der Waals surface area contributed by atoms with Crippen molar-refractivity contribution in [3.63, 3.8) is 0 Å². The zero-order valence-corrected chi connectivity index (χ0v) is 22.6. The smallest absolute Gasteiger partial charge is 0.119 e. The van der Waals surface area contributed by atoms with Gasteiger partial charge >= 0.3 is 0 Å². The quantitative estimate of drug-likeness (QED) is 0.194. The van der Waals surface area contributed by atoms with Crippen LogP contribution in [0.15, 0.2) is 97.1 Å². The van der Waals surface area contributed by atoms with Crippen LogP contribution in [0.1, 0.15) is 27.7 Å². The minimum Gasteiger partial charge on any atom is -0.493 e. The summed E-state index contributed by atoms with van der Waals surface area (Å²) in [6.07, 6.45) is 0. The molecular formula is C36H34O2. The number of ether oxygens (including phenoxy) is 2. The Morgan fingerprint density at radius 2 is 0.921 bits per heavy atom. The fourth-order valence-electron chi connectivity index (χ4n) is 5.32. The van der Waals surface area contributed by atoms with Gasteiger partial charge in [0.15, 0.2) is 0 Å². The molecule has 6 rings (SSSR count). The van der Waals surface area contributed by atoms with Crippen LogP contribution in [-0.2, 0) is 0 Å². The summed E-state index contributed by atoms with van der Waals surface area (Å²) < 4.78 is 11.9. The third-order valence-electron chi connectivity index (χ3n) is 7.12. The molecule has 0 saturated carbocycles. The van der Waals surface area contributed by atoms with Gasteiger partial charge in [0.1, 0.15) is 11.5 Å². The van der Waals surface area contributed by atoms with Gasteiger partial charge in [-0.15, -0.1) is 0 Å². The molecule has 6 aromatic rings. The van der Waals surface area contributed by atoms with Gasteiger partial charge in [0.05, 0.1) is 13.2 Å². The zero-order valence-electron chi connectivity index (χ0n) is 22.6. The van der Waals surface area contributed by atoms with Crippen LogP contribution in [0.4, 0.5) is 0 Å². The summed E-state index contributed by atoms with van der Waals surface area (Å²) in [7, 11) is 0. The van der Waals surface area contributed by atoms with E-state index in [0.29, 0.717) is 11.8 Å². The first kappa shape index (κ1) is 24.3. The normalized spacial score (nSPS) is 11.8.